The van der Waals surface area contributed by atoms with Gasteiger partial charge in [0.1, 0.15) is 0 Å². The predicted molar refractivity (Wildman–Crippen MR) is 90.4 cm³/mol. The summed E-state index contributed by atoms with van der Waals surface area (Å²) in [4.78, 5) is 0. The van der Waals surface area contributed by atoms with Crippen molar-refractivity contribution in [1.29, 1.82) is 0 Å². The number of hydrogen-bond donors (Lipinski definition) is 2. The number of benzene rings is 2. The first-order valence-corrected chi connectivity index (χ1v) is 7.20. The molecule has 4 heteroatoms. The smallest absolute Gasteiger partial charge is 0.171 e. The maximum Gasteiger partial charge on any atom is 0.171 e. The van der Waals surface area contributed by atoms with Crippen LogP contribution in [0.15, 0.2) is 42.5 Å². The minimum atomic E-state index is 0.591. The topological polar surface area (TPSA) is 24.1 Å². The molecule has 0 aliphatic heterocycles. The average molecular weight is 305 g/mol. The molecule has 2 aromatic carbocycles. The van der Waals surface area contributed by atoms with Crippen molar-refractivity contribution in [3.05, 3.63) is 64.2 Å². The van der Waals surface area contributed by atoms with Crippen LogP contribution in [-0.2, 0) is 6.54 Å². The number of halogens is 1. The second kappa shape index (κ2) is 6.73. The molecule has 0 unspecified atom stereocenters. The number of nitrogens with one attached hydrogen (secondary N) is 2. The normalized spacial score (nSPS) is 10.2. The van der Waals surface area contributed by atoms with Gasteiger partial charge >= 0.3 is 0 Å². The number of rotatable bonds is 3. The highest BCUT2D eigenvalue weighted by molar-refractivity contribution is 7.80. The van der Waals surface area contributed by atoms with Gasteiger partial charge in [-0.2, -0.15) is 0 Å². The maximum absolute atomic E-state index is 6.10. The lowest BCUT2D eigenvalue weighted by Gasteiger charge is -2.12. The molecule has 0 saturated carbocycles. The Morgan fingerprint density at radius 1 is 1.10 bits per heavy atom. The number of hydrogen-bond acceptors (Lipinski definition) is 1. The van der Waals surface area contributed by atoms with Crippen molar-refractivity contribution < 1.29 is 0 Å². The molecule has 0 aliphatic carbocycles. The quantitative estimate of drug-likeness (QED) is 0.820. The molecule has 0 aromatic heterocycles. The molecule has 0 heterocycles. The highest BCUT2D eigenvalue weighted by atomic mass is 35.5. The average Bonchev–Trinajstić information content (AvgIpc) is 2.42. The first kappa shape index (κ1) is 14.8. The Morgan fingerprint density at radius 2 is 1.85 bits per heavy atom. The molecule has 0 aliphatic rings. The largest absolute Gasteiger partial charge is 0.358 e. The summed E-state index contributed by atoms with van der Waals surface area (Å²) >= 11 is 11.4. The molecule has 2 nitrogen and oxygen atoms in total. The van der Waals surface area contributed by atoms with Gasteiger partial charge in [-0.3, -0.25) is 0 Å². The van der Waals surface area contributed by atoms with E-state index in [1.165, 1.54) is 11.1 Å². The third-order valence-corrected chi connectivity index (χ3v) is 3.78. The molecule has 0 bridgehead atoms. The van der Waals surface area contributed by atoms with E-state index in [0.717, 1.165) is 16.3 Å². The highest BCUT2D eigenvalue weighted by Gasteiger charge is 2.02. The minimum Gasteiger partial charge on any atom is -0.358 e. The zero-order valence-corrected chi connectivity index (χ0v) is 13.1. The van der Waals surface area contributed by atoms with E-state index in [4.69, 9.17) is 23.8 Å². The van der Waals surface area contributed by atoms with Crippen LogP contribution < -0.4 is 10.6 Å². The van der Waals surface area contributed by atoms with Crippen LogP contribution in [0.1, 0.15) is 16.7 Å². The van der Waals surface area contributed by atoms with Crippen molar-refractivity contribution >= 4 is 34.6 Å². The fourth-order valence-corrected chi connectivity index (χ4v) is 2.20. The number of thiocarbonyl (C=S) groups is 1. The Kier molecular flexibility index (Phi) is 4.99. The molecule has 0 radical (unpaired) electrons. The van der Waals surface area contributed by atoms with Crippen molar-refractivity contribution in [3.8, 4) is 0 Å². The van der Waals surface area contributed by atoms with Gasteiger partial charge in [0, 0.05) is 17.3 Å². The highest BCUT2D eigenvalue weighted by Crippen LogP contribution is 2.15. The molecule has 0 spiro atoms. The van der Waals surface area contributed by atoms with Gasteiger partial charge in [-0.15, -0.1) is 0 Å². The Labute approximate surface area is 130 Å². The van der Waals surface area contributed by atoms with E-state index in [2.05, 4.69) is 36.6 Å². The molecule has 2 rings (SSSR count). The fraction of sp³-hybridized carbons (Fsp3) is 0.188. The zero-order chi connectivity index (χ0) is 14.5. The van der Waals surface area contributed by atoms with Gasteiger partial charge in [-0.25, -0.2) is 0 Å². The van der Waals surface area contributed by atoms with E-state index < -0.39 is 0 Å². The molecule has 20 heavy (non-hydrogen) atoms. The molecular formula is C16H17ClN2S. The van der Waals surface area contributed by atoms with Gasteiger partial charge in [0.15, 0.2) is 5.11 Å². The summed E-state index contributed by atoms with van der Waals surface area (Å²) in [5, 5.41) is 7.67. The third kappa shape index (κ3) is 3.95. The van der Waals surface area contributed by atoms with Gasteiger partial charge in [0.25, 0.3) is 0 Å². The molecule has 104 valence electrons. The van der Waals surface area contributed by atoms with Crippen molar-refractivity contribution in [3.63, 3.8) is 0 Å². The molecule has 0 atom stereocenters. The van der Waals surface area contributed by atoms with Crippen LogP contribution >= 0.6 is 23.8 Å². The molecule has 0 saturated heterocycles. The van der Waals surface area contributed by atoms with Crippen LogP contribution in [0.2, 0.25) is 5.02 Å². The number of aryl methyl sites for hydroxylation is 2. The monoisotopic (exact) mass is 304 g/mol. The van der Waals surface area contributed by atoms with Crippen LogP contribution in [0.25, 0.3) is 0 Å². The summed E-state index contributed by atoms with van der Waals surface area (Å²) in [6.45, 7) is 4.78. The van der Waals surface area contributed by atoms with Crippen molar-refractivity contribution in [2.75, 3.05) is 5.32 Å². The van der Waals surface area contributed by atoms with Crippen LogP contribution in [0.3, 0.4) is 0 Å². The number of anilines is 1. The van der Waals surface area contributed by atoms with Gasteiger partial charge in [-0.1, -0.05) is 35.9 Å². The van der Waals surface area contributed by atoms with Crippen molar-refractivity contribution in [2.24, 2.45) is 0 Å². The van der Waals surface area contributed by atoms with E-state index in [-0.39, 0.29) is 0 Å². The lowest BCUT2D eigenvalue weighted by molar-refractivity contribution is 0.926. The molecule has 0 fully saturated rings. The Hall–Kier alpha value is -1.58. The lowest BCUT2D eigenvalue weighted by Crippen LogP contribution is -2.28. The van der Waals surface area contributed by atoms with Crippen molar-refractivity contribution in [1.82, 2.24) is 5.32 Å². The van der Waals surface area contributed by atoms with Crippen LogP contribution in [0, 0.1) is 13.8 Å². The zero-order valence-electron chi connectivity index (χ0n) is 11.5. The Balaban J connectivity index is 1.93. The van der Waals surface area contributed by atoms with Gasteiger partial charge in [0.2, 0.25) is 0 Å². The fourth-order valence-electron chi connectivity index (χ4n) is 1.81. The molecular weight excluding hydrogens is 288 g/mol. The van der Waals surface area contributed by atoms with E-state index in [1.54, 1.807) is 0 Å². The van der Waals surface area contributed by atoms with Crippen LogP contribution in [0.4, 0.5) is 5.69 Å². The first-order chi connectivity index (χ1) is 9.56. The third-order valence-electron chi connectivity index (χ3n) is 3.16. The summed E-state index contributed by atoms with van der Waals surface area (Å²) in [7, 11) is 0. The van der Waals surface area contributed by atoms with E-state index in [1.807, 2.05) is 30.3 Å². The first-order valence-electron chi connectivity index (χ1n) is 6.42. The van der Waals surface area contributed by atoms with E-state index in [9.17, 15) is 0 Å². The van der Waals surface area contributed by atoms with E-state index >= 15 is 0 Å². The molecule has 0 amide bonds. The molecule has 2 N–H and O–H groups in total. The second-order valence-corrected chi connectivity index (χ2v) is 5.51. The summed E-state index contributed by atoms with van der Waals surface area (Å²) in [5.74, 6) is 0. The van der Waals surface area contributed by atoms with Crippen LogP contribution in [0.5, 0.6) is 0 Å². The maximum atomic E-state index is 6.10. The molecule has 2 aromatic rings. The predicted octanol–water partition coefficient (Wildman–Crippen LogP) is 4.44. The summed E-state index contributed by atoms with van der Waals surface area (Å²) < 4.78 is 0. The van der Waals surface area contributed by atoms with Gasteiger partial charge < -0.3 is 10.6 Å². The Morgan fingerprint density at radius 3 is 2.55 bits per heavy atom. The summed E-state index contributed by atoms with van der Waals surface area (Å²) in [6, 6.07) is 13.9. The van der Waals surface area contributed by atoms with Gasteiger partial charge in [0.05, 0.1) is 0 Å². The van der Waals surface area contributed by atoms with Crippen LogP contribution in [-0.4, -0.2) is 5.11 Å². The van der Waals surface area contributed by atoms with Gasteiger partial charge in [-0.05, 0) is 61.0 Å². The van der Waals surface area contributed by atoms with E-state index in [0.29, 0.717) is 11.7 Å². The Bertz CT molecular complexity index is 626. The van der Waals surface area contributed by atoms with Crippen molar-refractivity contribution in [2.45, 2.75) is 20.4 Å². The SMILES string of the molecule is Cc1ccc(NC(=S)NCc2ccccc2Cl)cc1C. The summed E-state index contributed by atoms with van der Waals surface area (Å²) in [5.41, 5.74) is 4.53. The summed E-state index contributed by atoms with van der Waals surface area (Å²) in [6.07, 6.45) is 0. The minimum absolute atomic E-state index is 0.591. The lowest BCUT2D eigenvalue weighted by atomic mass is 10.1. The second-order valence-electron chi connectivity index (χ2n) is 4.70. The standard InChI is InChI=1S/C16H17ClN2S/c1-11-7-8-14(9-12(11)2)19-16(20)18-10-13-5-3-4-6-15(13)17/h3-9H,10H2,1-2H3,(H2,18,19,20).